The zero-order chi connectivity index (χ0) is 13.7. The normalized spacial score (nSPS) is 24.4. The number of carboxylic acids is 1. The van der Waals surface area contributed by atoms with Crippen molar-refractivity contribution in [3.8, 4) is 0 Å². The second-order valence-corrected chi connectivity index (χ2v) is 4.91. The molecule has 7 heteroatoms. The van der Waals surface area contributed by atoms with Crippen LogP contribution in [0.4, 0.5) is 4.79 Å². The molecule has 2 fully saturated rings. The van der Waals surface area contributed by atoms with E-state index >= 15 is 0 Å². The Kier molecular flexibility index (Phi) is 4.98. The molecule has 0 radical (unpaired) electrons. The largest absolute Gasteiger partial charge is 0.481 e. The fourth-order valence-corrected chi connectivity index (χ4v) is 2.56. The molecule has 2 aliphatic heterocycles. The van der Waals surface area contributed by atoms with Gasteiger partial charge in [0.1, 0.15) is 0 Å². The van der Waals surface area contributed by atoms with Gasteiger partial charge in [0.2, 0.25) is 0 Å². The van der Waals surface area contributed by atoms with E-state index < -0.39 is 5.97 Å². The number of carboxylic acid groups (broad SMARTS) is 1. The summed E-state index contributed by atoms with van der Waals surface area (Å²) in [6.07, 6.45) is 0.943. The lowest BCUT2D eigenvalue weighted by Crippen LogP contribution is -2.46. The second kappa shape index (κ2) is 6.72. The van der Waals surface area contributed by atoms with Gasteiger partial charge in [0.15, 0.2) is 0 Å². The van der Waals surface area contributed by atoms with Crippen LogP contribution in [0.15, 0.2) is 0 Å². The fourth-order valence-electron chi connectivity index (χ4n) is 2.56. The lowest BCUT2D eigenvalue weighted by atomic mass is 10.2. The first kappa shape index (κ1) is 14.1. The Hall–Kier alpha value is -1.34. The summed E-state index contributed by atoms with van der Waals surface area (Å²) in [4.78, 5) is 26.3. The molecule has 1 unspecified atom stereocenters. The van der Waals surface area contributed by atoms with Crippen LogP contribution in [0.2, 0.25) is 0 Å². The van der Waals surface area contributed by atoms with Crippen molar-refractivity contribution in [1.82, 2.24) is 15.1 Å². The van der Waals surface area contributed by atoms with Crippen LogP contribution >= 0.6 is 0 Å². The van der Waals surface area contributed by atoms with Crippen LogP contribution in [0.5, 0.6) is 0 Å². The molecule has 0 bridgehead atoms. The molecule has 0 saturated carbocycles. The van der Waals surface area contributed by atoms with Crippen molar-refractivity contribution in [2.24, 2.45) is 0 Å². The molecule has 0 aromatic carbocycles. The summed E-state index contributed by atoms with van der Waals surface area (Å²) in [5.74, 6) is -0.895. The molecule has 108 valence electrons. The van der Waals surface area contributed by atoms with Gasteiger partial charge in [-0.15, -0.1) is 0 Å². The van der Waals surface area contributed by atoms with Gasteiger partial charge >= 0.3 is 12.0 Å². The third-order valence-corrected chi connectivity index (χ3v) is 3.63. The van der Waals surface area contributed by atoms with E-state index in [1.165, 1.54) is 0 Å². The molecule has 19 heavy (non-hydrogen) atoms. The summed E-state index contributed by atoms with van der Waals surface area (Å²) in [6.45, 7) is 5.04. The third kappa shape index (κ3) is 4.07. The summed E-state index contributed by atoms with van der Waals surface area (Å²) in [6, 6.07) is 0.256. The second-order valence-electron chi connectivity index (χ2n) is 4.91. The Bertz CT molecular complexity index is 331. The Balaban J connectivity index is 1.71. The number of nitrogens with zero attached hydrogens (tertiary/aromatic N) is 2. The first-order chi connectivity index (χ1) is 9.16. The highest BCUT2D eigenvalue weighted by Gasteiger charge is 2.30. The van der Waals surface area contributed by atoms with Gasteiger partial charge in [-0.1, -0.05) is 0 Å². The quantitative estimate of drug-likeness (QED) is 0.725. The first-order valence-corrected chi connectivity index (χ1v) is 6.73. The fraction of sp³-hybridized carbons (Fsp3) is 0.833. The number of aliphatic carboxylic acids is 1. The predicted molar refractivity (Wildman–Crippen MR) is 68.0 cm³/mol. The summed E-state index contributed by atoms with van der Waals surface area (Å²) < 4.78 is 5.32. The Morgan fingerprint density at radius 1 is 1.26 bits per heavy atom. The van der Waals surface area contributed by atoms with Gasteiger partial charge in [-0.05, 0) is 6.42 Å². The number of morpholine rings is 1. The summed E-state index contributed by atoms with van der Waals surface area (Å²) >= 11 is 0. The number of urea groups is 1. The van der Waals surface area contributed by atoms with Crippen molar-refractivity contribution in [3.05, 3.63) is 0 Å². The maximum absolute atomic E-state index is 11.8. The van der Waals surface area contributed by atoms with Crippen LogP contribution in [-0.4, -0.2) is 78.9 Å². The van der Waals surface area contributed by atoms with Gasteiger partial charge in [-0.25, -0.2) is 4.79 Å². The predicted octanol–water partition coefficient (Wildman–Crippen LogP) is -0.423. The lowest BCUT2D eigenvalue weighted by molar-refractivity contribution is -0.136. The number of hydrogen-bond donors (Lipinski definition) is 2. The standard InChI is InChI=1S/C12H21N3O4/c16-11(17)1-3-13-12(18)15-4-2-10(9-15)14-5-7-19-8-6-14/h10H,1-9H2,(H,13,18)(H,16,17). The Labute approximate surface area is 112 Å². The minimum Gasteiger partial charge on any atom is -0.481 e. The summed E-state index contributed by atoms with van der Waals surface area (Å²) in [7, 11) is 0. The number of nitrogens with one attached hydrogen (secondary N) is 1. The van der Waals surface area contributed by atoms with Gasteiger partial charge < -0.3 is 20.1 Å². The van der Waals surface area contributed by atoms with Crippen molar-refractivity contribution in [2.75, 3.05) is 45.9 Å². The van der Waals surface area contributed by atoms with E-state index in [-0.39, 0.29) is 19.0 Å². The van der Waals surface area contributed by atoms with Gasteiger partial charge in [0.05, 0.1) is 19.6 Å². The van der Waals surface area contributed by atoms with Crippen molar-refractivity contribution < 1.29 is 19.4 Å². The van der Waals surface area contributed by atoms with Crippen LogP contribution in [0.25, 0.3) is 0 Å². The SMILES string of the molecule is O=C(O)CCNC(=O)N1CCC(N2CCOCC2)C1. The summed E-state index contributed by atoms with van der Waals surface area (Å²) in [5, 5.41) is 11.2. The molecule has 2 amide bonds. The lowest BCUT2D eigenvalue weighted by Gasteiger charge is -2.32. The van der Waals surface area contributed by atoms with Crippen molar-refractivity contribution in [3.63, 3.8) is 0 Å². The molecule has 0 aromatic heterocycles. The first-order valence-electron chi connectivity index (χ1n) is 6.73. The van der Waals surface area contributed by atoms with E-state index in [4.69, 9.17) is 9.84 Å². The number of ether oxygens (including phenoxy) is 1. The monoisotopic (exact) mass is 271 g/mol. The van der Waals surface area contributed by atoms with E-state index in [1.807, 2.05) is 0 Å². The molecule has 0 aliphatic carbocycles. The number of carbonyl (C=O) groups excluding carboxylic acids is 1. The number of rotatable bonds is 4. The van der Waals surface area contributed by atoms with E-state index in [0.717, 1.165) is 45.8 Å². The van der Waals surface area contributed by atoms with Crippen molar-refractivity contribution in [1.29, 1.82) is 0 Å². The van der Waals surface area contributed by atoms with E-state index in [0.29, 0.717) is 6.04 Å². The van der Waals surface area contributed by atoms with Crippen molar-refractivity contribution >= 4 is 12.0 Å². The molecule has 2 rings (SSSR count). The number of amides is 2. The van der Waals surface area contributed by atoms with Crippen LogP contribution in [0.1, 0.15) is 12.8 Å². The van der Waals surface area contributed by atoms with Crippen LogP contribution < -0.4 is 5.32 Å². The molecule has 2 heterocycles. The van der Waals surface area contributed by atoms with Gasteiger partial charge in [-0.3, -0.25) is 9.69 Å². The third-order valence-electron chi connectivity index (χ3n) is 3.63. The molecule has 1 atom stereocenters. The molecular formula is C12H21N3O4. The number of likely N-dealkylation sites (tertiary alicyclic amines) is 1. The number of carbonyl (C=O) groups is 2. The number of hydrogen-bond acceptors (Lipinski definition) is 4. The van der Waals surface area contributed by atoms with E-state index in [9.17, 15) is 9.59 Å². The Morgan fingerprint density at radius 2 is 2.00 bits per heavy atom. The molecule has 2 N–H and O–H groups in total. The molecule has 0 spiro atoms. The zero-order valence-electron chi connectivity index (χ0n) is 11.0. The molecule has 2 saturated heterocycles. The van der Waals surface area contributed by atoms with Gasteiger partial charge in [-0.2, -0.15) is 0 Å². The minimum absolute atomic E-state index is 0.0352. The highest BCUT2D eigenvalue weighted by atomic mass is 16.5. The van der Waals surface area contributed by atoms with Gasteiger partial charge in [0, 0.05) is 38.8 Å². The highest BCUT2D eigenvalue weighted by Crippen LogP contribution is 2.16. The maximum atomic E-state index is 11.8. The zero-order valence-corrected chi connectivity index (χ0v) is 11.0. The maximum Gasteiger partial charge on any atom is 0.317 e. The molecule has 0 aromatic rings. The topological polar surface area (TPSA) is 82.1 Å². The smallest absolute Gasteiger partial charge is 0.317 e. The van der Waals surface area contributed by atoms with E-state index in [2.05, 4.69) is 10.2 Å². The van der Waals surface area contributed by atoms with Gasteiger partial charge in [0.25, 0.3) is 0 Å². The Morgan fingerprint density at radius 3 is 2.68 bits per heavy atom. The molecular weight excluding hydrogens is 250 g/mol. The minimum atomic E-state index is -0.895. The average molecular weight is 271 g/mol. The summed E-state index contributed by atoms with van der Waals surface area (Å²) in [5.41, 5.74) is 0. The van der Waals surface area contributed by atoms with Crippen molar-refractivity contribution in [2.45, 2.75) is 18.9 Å². The molecule has 7 nitrogen and oxygen atoms in total. The molecule has 2 aliphatic rings. The van der Waals surface area contributed by atoms with E-state index in [1.54, 1.807) is 4.90 Å². The van der Waals surface area contributed by atoms with Crippen LogP contribution in [-0.2, 0) is 9.53 Å². The highest BCUT2D eigenvalue weighted by molar-refractivity contribution is 5.75. The van der Waals surface area contributed by atoms with Crippen LogP contribution in [0.3, 0.4) is 0 Å². The van der Waals surface area contributed by atoms with Crippen LogP contribution in [0, 0.1) is 0 Å². The average Bonchev–Trinajstić information content (AvgIpc) is 2.89.